The summed E-state index contributed by atoms with van der Waals surface area (Å²) in [6.07, 6.45) is 3.03. The quantitative estimate of drug-likeness (QED) is 0.613. The van der Waals surface area contributed by atoms with Gasteiger partial charge in [0.1, 0.15) is 0 Å². The number of ether oxygens (including phenoxy) is 1. The molecule has 0 amide bonds. The Hall–Kier alpha value is -0.0800. The average Bonchev–Trinajstić information content (AvgIpc) is 2.15. The van der Waals surface area contributed by atoms with Crippen LogP contribution in [-0.2, 0) is 4.74 Å². The van der Waals surface area contributed by atoms with E-state index in [0.29, 0.717) is 12.5 Å². The number of aliphatic hydroxyl groups excluding tert-OH is 1. The first-order chi connectivity index (χ1) is 6.57. The predicted octanol–water partition coefficient (Wildman–Crippen LogP) is 2.85. The molecule has 0 bridgehead atoms. The number of rotatable bonds is 8. The van der Waals surface area contributed by atoms with Crippen LogP contribution in [0.1, 0.15) is 47.0 Å². The van der Waals surface area contributed by atoms with Gasteiger partial charge in [-0.1, -0.05) is 34.1 Å². The standard InChI is InChI=1S/C12H26O2/c1-5-11(4)12(13)9-14-8-6-7-10(2)3/h10-13H,5-9H2,1-4H3. The molecule has 0 fully saturated rings. The first kappa shape index (κ1) is 13.9. The Morgan fingerprint density at radius 3 is 2.36 bits per heavy atom. The van der Waals surface area contributed by atoms with Crippen molar-refractivity contribution in [1.29, 1.82) is 0 Å². The van der Waals surface area contributed by atoms with E-state index in [4.69, 9.17) is 4.74 Å². The van der Waals surface area contributed by atoms with E-state index in [1.165, 1.54) is 6.42 Å². The van der Waals surface area contributed by atoms with Gasteiger partial charge in [0.25, 0.3) is 0 Å². The summed E-state index contributed by atoms with van der Waals surface area (Å²) in [6.45, 7) is 9.86. The SMILES string of the molecule is CCC(C)C(O)COCCCC(C)C. The van der Waals surface area contributed by atoms with Gasteiger partial charge < -0.3 is 9.84 Å². The van der Waals surface area contributed by atoms with Crippen LogP contribution in [0.3, 0.4) is 0 Å². The molecule has 0 heterocycles. The number of hydrogen-bond acceptors (Lipinski definition) is 2. The van der Waals surface area contributed by atoms with Gasteiger partial charge in [0.05, 0.1) is 12.7 Å². The molecule has 1 N–H and O–H groups in total. The molecule has 0 radical (unpaired) electrons. The second-order valence-electron chi connectivity index (χ2n) is 4.56. The molecule has 0 aromatic rings. The Balaban J connectivity index is 3.27. The molecule has 0 rings (SSSR count). The third kappa shape index (κ3) is 7.34. The molecule has 14 heavy (non-hydrogen) atoms. The minimum absolute atomic E-state index is 0.293. The van der Waals surface area contributed by atoms with Crippen molar-refractivity contribution in [2.75, 3.05) is 13.2 Å². The molecule has 0 aliphatic rings. The van der Waals surface area contributed by atoms with Gasteiger partial charge in [-0.25, -0.2) is 0 Å². The molecule has 0 aromatic carbocycles. The lowest BCUT2D eigenvalue weighted by Gasteiger charge is -2.17. The smallest absolute Gasteiger partial charge is 0.0799 e. The molecule has 0 aliphatic carbocycles. The molecule has 0 spiro atoms. The normalized spacial score (nSPS) is 15.9. The van der Waals surface area contributed by atoms with E-state index >= 15 is 0 Å². The minimum atomic E-state index is -0.293. The Bertz CT molecular complexity index is 123. The molecule has 0 saturated carbocycles. The van der Waals surface area contributed by atoms with Crippen LogP contribution in [0.15, 0.2) is 0 Å². The summed E-state index contributed by atoms with van der Waals surface area (Å²) in [5.74, 6) is 1.10. The summed E-state index contributed by atoms with van der Waals surface area (Å²) < 4.78 is 5.42. The lowest BCUT2D eigenvalue weighted by Crippen LogP contribution is -2.23. The second kappa shape index (κ2) is 8.25. The van der Waals surface area contributed by atoms with Crippen molar-refractivity contribution in [3.63, 3.8) is 0 Å². The monoisotopic (exact) mass is 202 g/mol. The summed E-state index contributed by atoms with van der Waals surface area (Å²) in [4.78, 5) is 0. The summed E-state index contributed by atoms with van der Waals surface area (Å²) >= 11 is 0. The van der Waals surface area contributed by atoms with E-state index in [1.54, 1.807) is 0 Å². The Morgan fingerprint density at radius 1 is 1.21 bits per heavy atom. The maximum atomic E-state index is 9.60. The van der Waals surface area contributed by atoms with Crippen molar-refractivity contribution in [3.8, 4) is 0 Å². The second-order valence-corrected chi connectivity index (χ2v) is 4.56. The van der Waals surface area contributed by atoms with Gasteiger partial charge in [0.2, 0.25) is 0 Å². The fourth-order valence-electron chi connectivity index (χ4n) is 1.23. The minimum Gasteiger partial charge on any atom is -0.390 e. The highest BCUT2D eigenvalue weighted by Crippen LogP contribution is 2.08. The van der Waals surface area contributed by atoms with E-state index < -0.39 is 0 Å². The molecular weight excluding hydrogens is 176 g/mol. The molecule has 0 saturated heterocycles. The first-order valence-corrected chi connectivity index (χ1v) is 5.83. The van der Waals surface area contributed by atoms with Crippen molar-refractivity contribution in [2.24, 2.45) is 11.8 Å². The van der Waals surface area contributed by atoms with Crippen LogP contribution in [-0.4, -0.2) is 24.4 Å². The molecule has 2 nitrogen and oxygen atoms in total. The van der Waals surface area contributed by atoms with Gasteiger partial charge >= 0.3 is 0 Å². The average molecular weight is 202 g/mol. The number of hydrogen-bond donors (Lipinski definition) is 1. The van der Waals surface area contributed by atoms with Gasteiger partial charge in [-0.05, 0) is 24.7 Å². The zero-order valence-corrected chi connectivity index (χ0v) is 10.1. The predicted molar refractivity (Wildman–Crippen MR) is 60.4 cm³/mol. The van der Waals surface area contributed by atoms with Gasteiger partial charge in [-0.2, -0.15) is 0 Å². The highest BCUT2D eigenvalue weighted by molar-refractivity contribution is 4.61. The molecule has 0 aromatic heterocycles. The van der Waals surface area contributed by atoms with Gasteiger partial charge in [0, 0.05) is 6.61 Å². The first-order valence-electron chi connectivity index (χ1n) is 5.83. The zero-order valence-electron chi connectivity index (χ0n) is 10.1. The fourth-order valence-corrected chi connectivity index (χ4v) is 1.23. The maximum absolute atomic E-state index is 9.60. The maximum Gasteiger partial charge on any atom is 0.0799 e. The van der Waals surface area contributed by atoms with Crippen molar-refractivity contribution in [1.82, 2.24) is 0 Å². The Kier molecular flexibility index (Phi) is 8.20. The van der Waals surface area contributed by atoms with E-state index in [2.05, 4.69) is 27.7 Å². The molecular formula is C12H26O2. The fraction of sp³-hybridized carbons (Fsp3) is 1.00. The van der Waals surface area contributed by atoms with Crippen molar-refractivity contribution in [2.45, 2.75) is 53.1 Å². The van der Waals surface area contributed by atoms with Crippen LogP contribution < -0.4 is 0 Å². The van der Waals surface area contributed by atoms with Gasteiger partial charge in [-0.3, -0.25) is 0 Å². The molecule has 2 heteroatoms. The summed E-state index contributed by atoms with van der Waals surface area (Å²) in [5, 5.41) is 9.60. The lowest BCUT2D eigenvalue weighted by atomic mass is 10.0. The van der Waals surface area contributed by atoms with Crippen molar-refractivity contribution < 1.29 is 9.84 Å². The van der Waals surface area contributed by atoms with Gasteiger partial charge in [0.15, 0.2) is 0 Å². The number of aliphatic hydroxyl groups is 1. The topological polar surface area (TPSA) is 29.5 Å². The summed E-state index contributed by atoms with van der Waals surface area (Å²) in [5.41, 5.74) is 0. The van der Waals surface area contributed by atoms with Crippen LogP contribution in [0.25, 0.3) is 0 Å². The Labute approximate surface area is 88.7 Å². The molecule has 86 valence electrons. The van der Waals surface area contributed by atoms with E-state index in [-0.39, 0.29) is 6.10 Å². The molecule has 0 aliphatic heterocycles. The van der Waals surface area contributed by atoms with Crippen LogP contribution in [0.4, 0.5) is 0 Å². The molecule has 2 unspecified atom stereocenters. The van der Waals surface area contributed by atoms with Crippen LogP contribution in [0.5, 0.6) is 0 Å². The molecule has 2 atom stereocenters. The van der Waals surface area contributed by atoms with Gasteiger partial charge in [-0.15, -0.1) is 0 Å². The summed E-state index contributed by atoms with van der Waals surface area (Å²) in [6, 6.07) is 0. The van der Waals surface area contributed by atoms with E-state index in [1.807, 2.05) is 0 Å². The lowest BCUT2D eigenvalue weighted by molar-refractivity contribution is 0.00655. The van der Waals surface area contributed by atoms with E-state index in [0.717, 1.165) is 25.4 Å². The Morgan fingerprint density at radius 2 is 1.86 bits per heavy atom. The third-order valence-corrected chi connectivity index (χ3v) is 2.66. The van der Waals surface area contributed by atoms with Crippen molar-refractivity contribution in [3.05, 3.63) is 0 Å². The van der Waals surface area contributed by atoms with Crippen LogP contribution in [0, 0.1) is 11.8 Å². The highest BCUT2D eigenvalue weighted by Gasteiger charge is 2.11. The third-order valence-electron chi connectivity index (χ3n) is 2.66. The largest absolute Gasteiger partial charge is 0.390 e. The van der Waals surface area contributed by atoms with Crippen molar-refractivity contribution >= 4 is 0 Å². The summed E-state index contributed by atoms with van der Waals surface area (Å²) in [7, 11) is 0. The van der Waals surface area contributed by atoms with Crippen LogP contribution >= 0.6 is 0 Å². The highest BCUT2D eigenvalue weighted by atomic mass is 16.5. The van der Waals surface area contributed by atoms with Crippen LogP contribution in [0.2, 0.25) is 0 Å². The zero-order chi connectivity index (χ0) is 11.0. The van der Waals surface area contributed by atoms with E-state index in [9.17, 15) is 5.11 Å².